The van der Waals surface area contributed by atoms with Crippen LogP contribution in [0.25, 0.3) is 0 Å². The molecule has 0 aliphatic heterocycles. The van der Waals surface area contributed by atoms with E-state index in [1.54, 1.807) is 0 Å². The Labute approximate surface area is 134 Å². The van der Waals surface area contributed by atoms with Crippen LogP contribution in [0.4, 0.5) is 0 Å². The third kappa shape index (κ3) is 3.44. The molecular formula is C18H29ClN2. The molecule has 0 heterocycles. The molecule has 1 aromatic rings. The second-order valence-electron chi connectivity index (χ2n) is 6.71. The van der Waals surface area contributed by atoms with Crippen LogP contribution in [0.15, 0.2) is 24.3 Å². The van der Waals surface area contributed by atoms with Gasteiger partial charge in [0.15, 0.2) is 0 Å². The fourth-order valence-corrected chi connectivity index (χ4v) is 4.24. The predicted octanol–water partition coefficient (Wildman–Crippen LogP) is 4.50. The molecule has 118 valence electrons. The van der Waals surface area contributed by atoms with E-state index in [0.29, 0.717) is 0 Å². The number of hydrogen-bond donors (Lipinski definition) is 1. The van der Waals surface area contributed by atoms with Gasteiger partial charge in [0.25, 0.3) is 0 Å². The molecule has 3 heteroatoms. The van der Waals surface area contributed by atoms with Crippen LogP contribution < -0.4 is 5.32 Å². The van der Waals surface area contributed by atoms with Gasteiger partial charge in [-0.2, -0.15) is 0 Å². The van der Waals surface area contributed by atoms with Crippen LogP contribution in [0.1, 0.15) is 51.1 Å². The van der Waals surface area contributed by atoms with Crippen molar-refractivity contribution in [1.82, 2.24) is 10.2 Å². The fourth-order valence-electron chi connectivity index (χ4n) is 3.99. The van der Waals surface area contributed by atoms with Crippen molar-refractivity contribution in [1.29, 1.82) is 0 Å². The molecule has 0 radical (unpaired) electrons. The van der Waals surface area contributed by atoms with Gasteiger partial charge in [-0.15, -0.1) is 0 Å². The van der Waals surface area contributed by atoms with Crippen molar-refractivity contribution in [3.05, 3.63) is 34.9 Å². The molecule has 0 saturated heterocycles. The summed E-state index contributed by atoms with van der Waals surface area (Å²) in [6.07, 6.45) is 5.10. The minimum absolute atomic E-state index is 0.151. The SMILES string of the molecule is CCNC(c1ccccc1Cl)C1(N(C)C)CCCC(C)C1. The minimum atomic E-state index is 0.151. The second-order valence-corrected chi connectivity index (χ2v) is 7.12. The molecule has 3 atom stereocenters. The number of halogens is 1. The molecule has 21 heavy (non-hydrogen) atoms. The number of rotatable bonds is 5. The fraction of sp³-hybridized carbons (Fsp3) is 0.667. The zero-order valence-electron chi connectivity index (χ0n) is 13.8. The van der Waals surface area contributed by atoms with E-state index in [1.807, 2.05) is 12.1 Å². The van der Waals surface area contributed by atoms with Crippen molar-refractivity contribution >= 4 is 11.6 Å². The van der Waals surface area contributed by atoms with Crippen LogP contribution in [-0.2, 0) is 0 Å². The summed E-state index contributed by atoms with van der Waals surface area (Å²) in [5, 5.41) is 4.60. The monoisotopic (exact) mass is 308 g/mol. The first-order chi connectivity index (χ1) is 10.0. The van der Waals surface area contributed by atoms with Crippen molar-refractivity contribution in [3.8, 4) is 0 Å². The van der Waals surface area contributed by atoms with Gasteiger partial charge in [0.05, 0.1) is 6.04 Å². The zero-order valence-corrected chi connectivity index (χ0v) is 14.6. The van der Waals surface area contributed by atoms with Crippen molar-refractivity contribution in [2.75, 3.05) is 20.6 Å². The summed E-state index contributed by atoms with van der Waals surface area (Å²) in [7, 11) is 4.44. The van der Waals surface area contributed by atoms with Crippen LogP contribution in [0, 0.1) is 5.92 Å². The molecule has 1 saturated carbocycles. The van der Waals surface area contributed by atoms with Crippen LogP contribution in [0.5, 0.6) is 0 Å². The first kappa shape index (κ1) is 16.8. The number of benzene rings is 1. The summed E-state index contributed by atoms with van der Waals surface area (Å²) >= 11 is 6.52. The maximum absolute atomic E-state index is 6.52. The van der Waals surface area contributed by atoms with E-state index in [-0.39, 0.29) is 11.6 Å². The van der Waals surface area contributed by atoms with Crippen molar-refractivity contribution in [3.63, 3.8) is 0 Å². The van der Waals surface area contributed by atoms with E-state index in [4.69, 9.17) is 11.6 Å². The minimum Gasteiger partial charge on any atom is -0.309 e. The molecule has 0 spiro atoms. The Kier molecular flexibility index (Phi) is 5.70. The van der Waals surface area contributed by atoms with Crippen LogP contribution in [-0.4, -0.2) is 31.1 Å². The third-order valence-electron chi connectivity index (χ3n) is 5.06. The number of likely N-dealkylation sites (N-methyl/N-ethyl adjacent to an activating group) is 2. The maximum Gasteiger partial charge on any atom is 0.0521 e. The van der Waals surface area contributed by atoms with Gasteiger partial charge in [-0.25, -0.2) is 0 Å². The quantitative estimate of drug-likeness (QED) is 0.861. The highest BCUT2D eigenvalue weighted by molar-refractivity contribution is 6.31. The van der Waals surface area contributed by atoms with Crippen molar-refractivity contribution < 1.29 is 0 Å². The van der Waals surface area contributed by atoms with E-state index in [0.717, 1.165) is 17.5 Å². The van der Waals surface area contributed by atoms with Gasteiger partial charge >= 0.3 is 0 Å². The molecule has 1 fully saturated rings. The Morgan fingerprint density at radius 3 is 2.67 bits per heavy atom. The molecule has 1 aliphatic rings. The highest BCUT2D eigenvalue weighted by Gasteiger charge is 2.44. The van der Waals surface area contributed by atoms with Gasteiger partial charge in [-0.05, 0) is 51.0 Å². The average Bonchev–Trinajstić information content (AvgIpc) is 2.45. The molecule has 1 N–H and O–H groups in total. The van der Waals surface area contributed by atoms with E-state index >= 15 is 0 Å². The summed E-state index contributed by atoms with van der Waals surface area (Å²) in [6, 6.07) is 8.59. The summed E-state index contributed by atoms with van der Waals surface area (Å²) in [6.45, 7) is 5.52. The summed E-state index contributed by atoms with van der Waals surface area (Å²) in [4.78, 5) is 2.43. The summed E-state index contributed by atoms with van der Waals surface area (Å²) in [5.74, 6) is 0.768. The highest BCUT2D eigenvalue weighted by atomic mass is 35.5. The topological polar surface area (TPSA) is 15.3 Å². The van der Waals surface area contributed by atoms with Crippen LogP contribution in [0.2, 0.25) is 5.02 Å². The lowest BCUT2D eigenvalue weighted by molar-refractivity contribution is 0.0372. The summed E-state index contributed by atoms with van der Waals surface area (Å²) < 4.78 is 0. The molecular weight excluding hydrogens is 280 g/mol. The average molecular weight is 309 g/mol. The molecule has 0 bridgehead atoms. The molecule has 2 nitrogen and oxygen atoms in total. The van der Waals surface area contributed by atoms with Gasteiger partial charge in [0.2, 0.25) is 0 Å². The predicted molar refractivity (Wildman–Crippen MR) is 91.9 cm³/mol. The van der Waals surface area contributed by atoms with E-state index in [9.17, 15) is 0 Å². The van der Waals surface area contributed by atoms with Crippen LogP contribution >= 0.6 is 11.6 Å². The van der Waals surface area contributed by atoms with Gasteiger partial charge in [0, 0.05) is 10.6 Å². The van der Waals surface area contributed by atoms with E-state index in [1.165, 1.54) is 31.2 Å². The molecule has 2 rings (SSSR count). The third-order valence-corrected chi connectivity index (χ3v) is 5.41. The number of nitrogens with zero attached hydrogens (tertiary/aromatic N) is 1. The Morgan fingerprint density at radius 1 is 1.38 bits per heavy atom. The molecule has 0 amide bonds. The van der Waals surface area contributed by atoms with Gasteiger partial charge in [-0.3, -0.25) is 0 Å². The van der Waals surface area contributed by atoms with Gasteiger partial charge < -0.3 is 10.2 Å². The van der Waals surface area contributed by atoms with Crippen molar-refractivity contribution in [2.45, 2.75) is 51.1 Å². The first-order valence-corrected chi connectivity index (χ1v) is 8.54. The smallest absolute Gasteiger partial charge is 0.0521 e. The molecule has 1 aromatic carbocycles. The largest absolute Gasteiger partial charge is 0.309 e. The Balaban J connectivity index is 2.44. The van der Waals surface area contributed by atoms with Gasteiger partial charge in [0.1, 0.15) is 0 Å². The molecule has 0 aromatic heterocycles. The lowest BCUT2D eigenvalue weighted by atomic mass is 9.69. The standard InChI is InChI=1S/C18H29ClN2/c1-5-20-17(15-10-6-7-11-16(15)19)18(21(3)4)12-8-9-14(2)13-18/h6-7,10-11,14,17,20H,5,8-9,12-13H2,1-4H3. The molecule has 1 aliphatic carbocycles. The zero-order chi connectivity index (χ0) is 15.5. The van der Waals surface area contributed by atoms with E-state index in [2.05, 4.69) is 50.3 Å². The molecule has 3 unspecified atom stereocenters. The van der Waals surface area contributed by atoms with E-state index < -0.39 is 0 Å². The highest BCUT2D eigenvalue weighted by Crippen LogP contribution is 2.45. The lowest BCUT2D eigenvalue weighted by Gasteiger charge is -2.50. The Morgan fingerprint density at radius 2 is 2.10 bits per heavy atom. The second kappa shape index (κ2) is 7.13. The summed E-state index contributed by atoms with van der Waals surface area (Å²) in [5.41, 5.74) is 1.39. The Hall–Kier alpha value is -0.570. The Bertz CT molecular complexity index is 460. The first-order valence-electron chi connectivity index (χ1n) is 8.16. The van der Waals surface area contributed by atoms with Crippen LogP contribution in [0.3, 0.4) is 0 Å². The number of nitrogens with one attached hydrogen (secondary N) is 1. The lowest BCUT2D eigenvalue weighted by Crippen LogP contribution is -2.56. The normalized spacial score (nSPS) is 27.8. The number of hydrogen-bond acceptors (Lipinski definition) is 2. The maximum atomic E-state index is 6.52. The van der Waals surface area contributed by atoms with Gasteiger partial charge in [-0.1, -0.05) is 56.5 Å². The van der Waals surface area contributed by atoms with Crippen molar-refractivity contribution in [2.24, 2.45) is 5.92 Å².